The van der Waals surface area contributed by atoms with Gasteiger partial charge in [-0.3, -0.25) is 14.5 Å². The van der Waals surface area contributed by atoms with Gasteiger partial charge in [0.1, 0.15) is 28.2 Å². The Morgan fingerprint density at radius 1 is 1.16 bits per heavy atom. The minimum atomic E-state index is -1.31. The molecule has 1 aliphatic heterocycles. The zero-order valence-corrected chi connectivity index (χ0v) is 22.2. The molecule has 0 spiro atoms. The first-order valence-corrected chi connectivity index (χ1v) is 12.9. The predicted molar refractivity (Wildman–Crippen MR) is 141 cm³/mol. The lowest BCUT2D eigenvalue weighted by Crippen LogP contribution is -2.29. The molecule has 0 bridgehead atoms. The molecule has 1 aromatic heterocycles. The number of rotatable bonds is 8. The first-order chi connectivity index (χ1) is 18.2. The average Bonchev–Trinajstić information content (AvgIpc) is 3.39. The van der Waals surface area contributed by atoms with E-state index in [1.54, 1.807) is 45.0 Å². The van der Waals surface area contributed by atoms with E-state index in [0.717, 1.165) is 22.7 Å². The molecule has 1 aliphatic rings. The molecule has 8 nitrogen and oxygen atoms in total. The van der Waals surface area contributed by atoms with Crippen LogP contribution < -0.4 is 9.64 Å². The van der Waals surface area contributed by atoms with Crippen molar-refractivity contribution in [3.05, 3.63) is 81.1 Å². The van der Waals surface area contributed by atoms with E-state index in [9.17, 15) is 19.5 Å². The van der Waals surface area contributed by atoms with Crippen molar-refractivity contribution < 1.29 is 33.4 Å². The fourth-order valence-electron chi connectivity index (χ4n) is 4.25. The molecule has 3 aromatic rings. The zero-order valence-electron chi connectivity index (χ0n) is 21.4. The number of hydrogen-bond acceptors (Lipinski definition) is 8. The second kappa shape index (κ2) is 11.1. The van der Waals surface area contributed by atoms with Crippen LogP contribution in [-0.2, 0) is 14.3 Å². The third-order valence-electron chi connectivity index (χ3n) is 6.02. The van der Waals surface area contributed by atoms with Crippen LogP contribution >= 0.6 is 11.3 Å². The van der Waals surface area contributed by atoms with E-state index in [-0.39, 0.29) is 27.8 Å². The monoisotopic (exact) mass is 538 g/mol. The quantitative estimate of drug-likeness (QED) is 0.175. The van der Waals surface area contributed by atoms with E-state index < -0.39 is 35.3 Å². The Morgan fingerprint density at radius 2 is 1.89 bits per heavy atom. The molecule has 198 valence electrons. The minimum Gasteiger partial charge on any atom is -0.507 e. The number of aliphatic hydroxyl groups excluding tert-OH is 1. The van der Waals surface area contributed by atoms with Crippen molar-refractivity contribution in [1.82, 2.24) is 4.98 Å². The Labute approximate surface area is 223 Å². The first-order valence-electron chi connectivity index (χ1n) is 12.1. The van der Waals surface area contributed by atoms with Crippen LogP contribution in [0.3, 0.4) is 0 Å². The minimum absolute atomic E-state index is 0.000611. The second-order valence-corrected chi connectivity index (χ2v) is 9.62. The summed E-state index contributed by atoms with van der Waals surface area (Å²) >= 11 is 0.861. The number of halogens is 1. The molecule has 10 heteroatoms. The van der Waals surface area contributed by atoms with Crippen LogP contribution in [0.4, 0.5) is 9.52 Å². The standard InChI is InChI=1S/C28H27FN2O6S/c1-5-13-37-17-11-12-18(15(3)14-17)23(32)21-22(19-9-7-8-10-20(19)29)31(26(34)24(21)33)28-30-16(4)25(38-28)27(35)36-6-2/h7-12,14,22,32H,5-6,13H2,1-4H3/t22-/m1/s1. The van der Waals surface area contributed by atoms with Gasteiger partial charge in [-0.1, -0.05) is 36.5 Å². The van der Waals surface area contributed by atoms with Gasteiger partial charge in [-0.15, -0.1) is 0 Å². The summed E-state index contributed by atoms with van der Waals surface area (Å²) in [4.78, 5) is 44.7. The summed E-state index contributed by atoms with van der Waals surface area (Å²) < 4.78 is 25.8. The zero-order chi connectivity index (χ0) is 27.6. The number of amides is 1. The maximum Gasteiger partial charge on any atom is 0.350 e. The molecule has 0 unspecified atom stereocenters. The van der Waals surface area contributed by atoms with Crippen LogP contribution in [0, 0.1) is 19.7 Å². The van der Waals surface area contributed by atoms with Gasteiger partial charge in [0.05, 0.1) is 24.5 Å². The van der Waals surface area contributed by atoms with Gasteiger partial charge in [0.25, 0.3) is 5.78 Å². The molecule has 0 aliphatic carbocycles. The van der Waals surface area contributed by atoms with Crippen molar-refractivity contribution in [2.45, 2.75) is 40.2 Å². The average molecular weight is 539 g/mol. The number of aromatic nitrogens is 1. The molecule has 1 atom stereocenters. The lowest BCUT2D eigenvalue weighted by Gasteiger charge is -2.23. The van der Waals surface area contributed by atoms with E-state index in [0.29, 0.717) is 29.2 Å². The number of thiazole rings is 1. The highest BCUT2D eigenvalue weighted by Gasteiger charge is 2.49. The van der Waals surface area contributed by atoms with Crippen LogP contribution in [0.15, 0.2) is 48.0 Å². The highest BCUT2D eigenvalue weighted by molar-refractivity contribution is 7.17. The number of anilines is 1. The summed E-state index contributed by atoms with van der Waals surface area (Å²) in [5.74, 6) is -3.13. The normalized spacial score (nSPS) is 16.7. The number of ketones is 1. The van der Waals surface area contributed by atoms with Crippen molar-refractivity contribution >= 4 is 39.9 Å². The summed E-state index contributed by atoms with van der Waals surface area (Å²) in [5.41, 5.74) is 0.923. The smallest absolute Gasteiger partial charge is 0.350 e. The summed E-state index contributed by atoms with van der Waals surface area (Å²) in [7, 11) is 0. The van der Waals surface area contributed by atoms with Gasteiger partial charge >= 0.3 is 11.9 Å². The van der Waals surface area contributed by atoms with Crippen molar-refractivity contribution in [2.75, 3.05) is 18.1 Å². The van der Waals surface area contributed by atoms with E-state index in [4.69, 9.17) is 9.47 Å². The summed E-state index contributed by atoms with van der Waals surface area (Å²) in [6, 6.07) is 9.35. The van der Waals surface area contributed by atoms with Gasteiger partial charge in [-0.25, -0.2) is 14.2 Å². The molecular formula is C28H27FN2O6S. The topological polar surface area (TPSA) is 106 Å². The number of hydrogen-bond donors (Lipinski definition) is 1. The number of carbonyl (C=O) groups is 3. The van der Waals surface area contributed by atoms with Crippen LogP contribution in [0.5, 0.6) is 5.75 Å². The number of aliphatic hydroxyl groups is 1. The van der Waals surface area contributed by atoms with E-state index in [1.165, 1.54) is 18.2 Å². The molecule has 1 fully saturated rings. The van der Waals surface area contributed by atoms with E-state index >= 15 is 4.39 Å². The van der Waals surface area contributed by atoms with Gasteiger partial charge in [0.2, 0.25) is 0 Å². The number of nitrogens with zero attached hydrogens (tertiary/aromatic N) is 2. The number of carbonyl (C=O) groups excluding carboxylic acids is 3. The van der Waals surface area contributed by atoms with Gasteiger partial charge in [0.15, 0.2) is 5.13 Å². The molecular weight excluding hydrogens is 511 g/mol. The lowest BCUT2D eigenvalue weighted by atomic mass is 9.93. The van der Waals surface area contributed by atoms with Gasteiger partial charge in [-0.05, 0) is 57.0 Å². The molecule has 1 amide bonds. The Bertz CT molecular complexity index is 1450. The first kappa shape index (κ1) is 27.0. The SMILES string of the molecule is CCCOc1ccc(C(O)=C2C(=O)C(=O)N(c3nc(C)c(C(=O)OCC)s3)[C@@H]2c2ccccc2F)c(C)c1. The summed E-state index contributed by atoms with van der Waals surface area (Å²) in [5, 5.41) is 11.4. The number of aryl methyl sites for hydroxylation is 2. The van der Waals surface area contributed by atoms with Crippen LogP contribution in [0.2, 0.25) is 0 Å². The molecule has 2 aromatic carbocycles. The lowest BCUT2D eigenvalue weighted by molar-refractivity contribution is -0.132. The van der Waals surface area contributed by atoms with Crippen LogP contribution in [0.1, 0.15) is 58.4 Å². The van der Waals surface area contributed by atoms with Gasteiger partial charge < -0.3 is 14.6 Å². The highest BCUT2D eigenvalue weighted by Crippen LogP contribution is 2.45. The summed E-state index contributed by atoms with van der Waals surface area (Å²) in [6.07, 6.45) is 0.820. The molecule has 1 N–H and O–H groups in total. The molecule has 2 heterocycles. The second-order valence-electron chi connectivity index (χ2n) is 8.65. The molecule has 0 radical (unpaired) electrons. The number of benzene rings is 2. The predicted octanol–water partition coefficient (Wildman–Crippen LogP) is 5.49. The Balaban J connectivity index is 1.89. The largest absolute Gasteiger partial charge is 0.507 e. The molecule has 38 heavy (non-hydrogen) atoms. The molecule has 4 rings (SSSR count). The number of ether oxygens (including phenoxy) is 2. The third-order valence-corrected chi connectivity index (χ3v) is 7.16. The number of esters is 1. The Kier molecular flexibility index (Phi) is 7.91. The maximum absolute atomic E-state index is 15.1. The van der Waals surface area contributed by atoms with Gasteiger partial charge in [-0.2, -0.15) is 0 Å². The van der Waals surface area contributed by atoms with Crippen LogP contribution in [0.25, 0.3) is 5.76 Å². The van der Waals surface area contributed by atoms with E-state index in [1.807, 2.05) is 6.92 Å². The van der Waals surface area contributed by atoms with Crippen molar-refractivity contribution in [3.63, 3.8) is 0 Å². The van der Waals surface area contributed by atoms with E-state index in [2.05, 4.69) is 4.98 Å². The summed E-state index contributed by atoms with van der Waals surface area (Å²) in [6.45, 7) is 7.62. The maximum atomic E-state index is 15.1. The Hall–Kier alpha value is -4.05. The fourth-order valence-corrected chi connectivity index (χ4v) is 5.24. The van der Waals surface area contributed by atoms with Gasteiger partial charge in [0, 0.05) is 11.1 Å². The fraction of sp³-hybridized carbons (Fsp3) is 0.286. The number of Topliss-reactive ketones (excluding diaryl/α,β-unsaturated/α-hetero) is 1. The third kappa shape index (κ3) is 4.91. The van der Waals surface area contributed by atoms with Crippen LogP contribution in [-0.4, -0.2) is 41.0 Å². The van der Waals surface area contributed by atoms with Crippen molar-refractivity contribution in [2.24, 2.45) is 0 Å². The molecule has 1 saturated heterocycles. The Morgan fingerprint density at radius 3 is 2.55 bits per heavy atom. The highest BCUT2D eigenvalue weighted by atomic mass is 32.1. The van der Waals surface area contributed by atoms with Crippen molar-refractivity contribution in [3.8, 4) is 5.75 Å². The molecule has 0 saturated carbocycles. The van der Waals surface area contributed by atoms with Crippen molar-refractivity contribution in [1.29, 1.82) is 0 Å².